The van der Waals surface area contributed by atoms with Gasteiger partial charge in [0, 0.05) is 23.8 Å². The van der Waals surface area contributed by atoms with Crippen LogP contribution in [0, 0.1) is 23.7 Å². The summed E-state index contributed by atoms with van der Waals surface area (Å²) in [6.07, 6.45) is 8.85. The van der Waals surface area contributed by atoms with Crippen molar-refractivity contribution in [2.45, 2.75) is 58.6 Å². The molecule has 1 aromatic carbocycles. The van der Waals surface area contributed by atoms with Gasteiger partial charge in [-0.05, 0) is 43.7 Å². The Kier molecular flexibility index (Phi) is 6.42. The number of ketones is 1. The molecule has 2 heterocycles. The molecular formula is C28H33NO4. The predicted molar refractivity (Wildman–Crippen MR) is 127 cm³/mol. The van der Waals surface area contributed by atoms with Crippen LogP contribution in [0.25, 0.3) is 0 Å². The van der Waals surface area contributed by atoms with Crippen molar-refractivity contribution < 1.29 is 19.1 Å². The Bertz CT molecular complexity index is 1040. The molecular weight excluding hydrogens is 414 g/mol. The summed E-state index contributed by atoms with van der Waals surface area (Å²) in [6.45, 7) is 7.83. The highest BCUT2D eigenvalue weighted by Crippen LogP contribution is 2.50. The zero-order chi connectivity index (χ0) is 23.8. The summed E-state index contributed by atoms with van der Waals surface area (Å²) in [7, 11) is 0. The Morgan fingerprint density at radius 1 is 1.09 bits per heavy atom. The third-order valence-electron chi connectivity index (χ3n) is 7.62. The Balaban J connectivity index is 1.78. The number of amides is 1. The van der Waals surface area contributed by atoms with Crippen LogP contribution in [0.5, 0.6) is 0 Å². The molecule has 0 aromatic heterocycles. The molecule has 0 saturated carbocycles. The van der Waals surface area contributed by atoms with Crippen LogP contribution in [-0.2, 0) is 25.5 Å². The second kappa shape index (κ2) is 9.12. The lowest BCUT2D eigenvalue weighted by atomic mass is 9.63. The molecule has 2 aliphatic heterocycles. The van der Waals surface area contributed by atoms with E-state index in [4.69, 9.17) is 4.74 Å². The zero-order valence-corrected chi connectivity index (χ0v) is 19.8. The van der Waals surface area contributed by atoms with E-state index in [0.717, 1.165) is 5.56 Å². The summed E-state index contributed by atoms with van der Waals surface area (Å²) < 4.78 is 6.15. The van der Waals surface area contributed by atoms with Crippen LogP contribution in [0.3, 0.4) is 0 Å². The van der Waals surface area contributed by atoms with Crippen molar-refractivity contribution in [3.05, 3.63) is 71.3 Å². The molecule has 0 radical (unpaired) electrons. The first-order valence-corrected chi connectivity index (χ1v) is 11.9. The molecule has 5 nitrogen and oxygen atoms in total. The van der Waals surface area contributed by atoms with Gasteiger partial charge >= 0.3 is 5.97 Å². The topological polar surface area (TPSA) is 72.5 Å². The van der Waals surface area contributed by atoms with Gasteiger partial charge in [0.1, 0.15) is 0 Å². The molecule has 4 rings (SSSR count). The predicted octanol–water partition coefficient (Wildman–Crippen LogP) is 4.34. The number of carbonyl (C=O) groups excluding carboxylic acids is 3. The number of ether oxygens (including phenoxy) is 1. The summed E-state index contributed by atoms with van der Waals surface area (Å²) in [4.78, 5) is 39.2. The Labute approximate surface area is 196 Å². The van der Waals surface area contributed by atoms with Crippen molar-refractivity contribution in [1.82, 2.24) is 5.32 Å². The maximum atomic E-state index is 13.6. The van der Waals surface area contributed by atoms with Gasteiger partial charge < -0.3 is 10.1 Å². The number of carbonyl (C=O) groups is 3. The van der Waals surface area contributed by atoms with Gasteiger partial charge in [-0.3, -0.25) is 14.4 Å². The molecule has 174 valence electrons. The molecule has 1 saturated heterocycles. The fourth-order valence-electron chi connectivity index (χ4n) is 5.68. The van der Waals surface area contributed by atoms with Gasteiger partial charge in [0.25, 0.3) is 5.91 Å². The summed E-state index contributed by atoms with van der Waals surface area (Å²) in [6, 6.07) is 9.94. The van der Waals surface area contributed by atoms with E-state index in [-0.39, 0.29) is 47.8 Å². The van der Waals surface area contributed by atoms with Gasteiger partial charge in [0.05, 0.1) is 6.42 Å². The minimum Gasteiger partial charge on any atom is -0.447 e. The highest BCUT2D eigenvalue weighted by atomic mass is 16.6. The van der Waals surface area contributed by atoms with Crippen LogP contribution in [0.2, 0.25) is 0 Å². The third-order valence-corrected chi connectivity index (χ3v) is 7.62. The number of hydrogen-bond donors (Lipinski definition) is 1. The Hall–Kier alpha value is -2.95. The molecule has 1 fully saturated rings. The molecule has 6 atom stereocenters. The van der Waals surface area contributed by atoms with E-state index in [1.165, 1.54) is 5.57 Å². The van der Waals surface area contributed by atoms with Gasteiger partial charge in [-0.1, -0.05) is 74.1 Å². The largest absolute Gasteiger partial charge is 0.447 e. The van der Waals surface area contributed by atoms with E-state index in [1.54, 1.807) is 13.0 Å². The minimum atomic E-state index is -1.29. The summed E-state index contributed by atoms with van der Waals surface area (Å²) in [5, 5.41) is 3.19. The van der Waals surface area contributed by atoms with E-state index in [0.29, 0.717) is 18.4 Å². The molecule has 1 aliphatic carbocycles. The number of benzene rings is 1. The Morgan fingerprint density at radius 3 is 2.55 bits per heavy atom. The SMILES string of the molecule is CC1=C[C@@H]2/C=C/C[C@H](C)C(=O)/C(C)=C/CC(=O)O[C@]23C(=O)N[C@@H](Cc2ccccc2)[C@@H]3[C@@H]1C. The second-order valence-corrected chi connectivity index (χ2v) is 9.81. The maximum absolute atomic E-state index is 13.6. The first kappa shape index (κ1) is 23.2. The van der Waals surface area contributed by atoms with E-state index in [9.17, 15) is 14.4 Å². The van der Waals surface area contributed by atoms with Crippen LogP contribution >= 0.6 is 0 Å². The first-order valence-electron chi connectivity index (χ1n) is 11.9. The zero-order valence-electron chi connectivity index (χ0n) is 19.8. The number of rotatable bonds is 2. The number of esters is 1. The quantitative estimate of drug-likeness (QED) is 0.541. The molecule has 0 bridgehead atoms. The maximum Gasteiger partial charge on any atom is 0.310 e. The van der Waals surface area contributed by atoms with Crippen molar-refractivity contribution in [2.75, 3.05) is 0 Å². The molecule has 33 heavy (non-hydrogen) atoms. The van der Waals surface area contributed by atoms with Crippen molar-refractivity contribution in [3.8, 4) is 0 Å². The number of Topliss-reactive ketones (excluding diaryl/α,β-unsaturated/α-hetero) is 1. The number of nitrogens with one attached hydrogen (secondary N) is 1. The standard InChI is InChI=1S/C28H33NO4/c1-17-9-8-12-22-15-19(3)20(4)25-23(16-21-10-6-5-7-11-21)29-27(32)28(22,25)33-24(30)14-13-18(2)26(17)31/h5-8,10-13,15,17,20,22-23,25H,9,14,16H2,1-4H3,(H,29,32)/b12-8+,18-13+/t17-,20+,22-,23-,25-,28+/m0/s1. The lowest BCUT2D eigenvalue weighted by molar-refractivity contribution is -0.176. The van der Waals surface area contributed by atoms with Gasteiger partial charge in [0.15, 0.2) is 5.78 Å². The molecule has 1 N–H and O–H groups in total. The first-order chi connectivity index (χ1) is 15.7. The molecule has 1 spiro atoms. The average molecular weight is 448 g/mol. The highest BCUT2D eigenvalue weighted by molar-refractivity contribution is 5.97. The summed E-state index contributed by atoms with van der Waals surface area (Å²) in [5.74, 6) is -1.36. The average Bonchev–Trinajstić information content (AvgIpc) is 3.06. The fourth-order valence-corrected chi connectivity index (χ4v) is 5.68. The molecule has 3 aliphatic rings. The minimum absolute atomic E-state index is 0.0249. The van der Waals surface area contributed by atoms with Gasteiger partial charge in [-0.2, -0.15) is 0 Å². The van der Waals surface area contributed by atoms with Crippen LogP contribution in [0.1, 0.15) is 46.1 Å². The van der Waals surface area contributed by atoms with E-state index in [2.05, 4.69) is 37.4 Å². The number of hydrogen-bond acceptors (Lipinski definition) is 4. The van der Waals surface area contributed by atoms with E-state index in [1.807, 2.05) is 37.3 Å². The van der Waals surface area contributed by atoms with Gasteiger partial charge in [0.2, 0.25) is 5.60 Å². The van der Waals surface area contributed by atoms with E-state index >= 15 is 0 Å². The van der Waals surface area contributed by atoms with E-state index < -0.39 is 11.6 Å². The van der Waals surface area contributed by atoms with Crippen LogP contribution in [0.4, 0.5) is 0 Å². The number of allylic oxidation sites excluding steroid dienone is 3. The van der Waals surface area contributed by atoms with Crippen LogP contribution in [0.15, 0.2) is 65.8 Å². The fraction of sp³-hybridized carbons (Fsp3) is 0.464. The third kappa shape index (κ3) is 4.21. The van der Waals surface area contributed by atoms with Gasteiger partial charge in [-0.25, -0.2) is 0 Å². The smallest absolute Gasteiger partial charge is 0.310 e. The van der Waals surface area contributed by atoms with Crippen molar-refractivity contribution in [2.24, 2.45) is 23.7 Å². The van der Waals surface area contributed by atoms with Gasteiger partial charge in [-0.15, -0.1) is 0 Å². The molecule has 1 aromatic rings. The molecule has 5 heteroatoms. The lowest BCUT2D eigenvalue weighted by Gasteiger charge is -2.44. The second-order valence-electron chi connectivity index (χ2n) is 9.81. The van der Waals surface area contributed by atoms with Crippen LogP contribution < -0.4 is 5.32 Å². The molecule has 1 amide bonds. The monoisotopic (exact) mass is 447 g/mol. The summed E-state index contributed by atoms with van der Waals surface area (Å²) in [5.41, 5.74) is 1.59. The van der Waals surface area contributed by atoms with Crippen molar-refractivity contribution in [3.63, 3.8) is 0 Å². The Morgan fingerprint density at radius 2 is 1.82 bits per heavy atom. The lowest BCUT2D eigenvalue weighted by Crippen LogP contribution is -2.56. The van der Waals surface area contributed by atoms with Crippen LogP contribution in [-0.4, -0.2) is 29.3 Å². The van der Waals surface area contributed by atoms with Crippen molar-refractivity contribution in [1.29, 1.82) is 0 Å². The normalized spacial score (nSPS) is 37.2. The molecule has 0 unspecified atom stereocenters. The van der Waals surface area contributed by atoms with Crippen molar-refractivity contribution >= 4 is 17.7 Å². The summed E-state index contributed by atoms with van der Waals surface area (Å²) >= 11 is 0. The highest BCUT2D eigenvalue weighted by Gasteiger charge is 2.64.